The van der Waals surface area contributed by atoms with Gasteiger partial charge >= 0.3 is 0 Å². The van der Waals surface area contributed by atoms with Gasteiger partial charge < -0.3 is 10.2 Å². The molecule has 2 aromatic carbocycles. The van der Waals surface area contributed by atoms with Crippen LogP contribution in [0.1, 0.15) is 64.7 Å². The number of carbonyl (C=O) groups is 2. The van der Waals surface area contributed by atoms with Crippen molar-refractivity contribution < 1.29 is 9.59 Å². The molecule has 2 aliphatic rings. The van der Waals surface area contributed by atoms with Crippen LogP contribution in [0.25, 0.3) is 0 Å². The molecule has 1 saturated carbocycles. The molecule has 0 spiro atoms. The minimum atomic E-state index is -0.555. The number of carbonyl (C=O) groups excluding carboxylic acids is 2. The lowest BCUT2D eigenvalue weighted by Gasteiger charge is -2.26. The van der Waals surface area contributed by atoms with Crippen LogP contribution in [-0.4, -0.2) is 23.8 Å². The zero-order chi connectivity index (χ0) is 18.1. The summed E-state index contributed by atoms with van der Waals surface area (Å²) in [5.41, 5.74) is 3.94. The second-order valence-electron chi connectivity index (χ2n) is 7.22. The number of hydrogen-bond donors (Lipinski definition) is 1. The third kappa shape index (κ3) is 2.79. The second kappa shape index (κ2) is 6.94. The summed E-state index contributed by atoms with van der Waals surface area (Å²) < 4.78 is 0. The summed E-state index contributed by atoms with van der Waals surface area (Å²) in [7, 11) is 1.62. The number of nitrogens with one attached hydrogen (secondary N) is 1. The van der Waals surface area contributed by atoms with Gasteiger partial charge in [0.25, 0.3) is 5.91 Å². The molecule has 4 rings (SSSR count). The number of rotatable bonds is 4. The molecule has 4 heteroatoms. The highest BCUT2D eigenvalue weighted by Gasteiger charge is 2.40. The predicted molar refractivity (Wildman–Crippen MR) is 101 cm³/mol. The topological polar surface area (TPSA) is 49.4 Å². The van der Waals surface area contributed by atoms with Gasteiger partial charge in [0.15, 0.2) is 0 Å². The summed E-state index contributed by atoms with van der Waals surface area (Å²) in [5, 5.41) is 2.72. The van der Waals surface area contributed by atoms with E-state index in [1.165, 1.54) is 31.2 Å². The lowest BCUT2D eigenvalue weighted by molar-refractivity contribution is -0.125. The number of nitrogens with zero attached hydrogens (tertiary/aromatic N) is 1. The molecule has 2 amide bonds. The molecule has 0 aromatic heterocycles. The van der Waals surface area contributed by atoms with E-state index in [4.69, 9.17) is 0 Å². The van der Waals surface area contributed by atoms with E-state index in [1.807, 2.05) is 30.3 Å². The normalized spacial score (nSPS) is 19.7. The third-order valence-electron chi connectivity index (χ3n) is 5.74. The number of fused-ring (bicyclic) bond motifs is 1. The largest absolute Gasteiger partial charge is 0.357 e. The average molecular weight is 348 g/mol. The highest BCUT2D eigenvalue weighted by Crippen LogP contribution is 2.39. The first kappa shape index (κ1) is 16.8. The molecule has 26 heavy (non-hydrogen) atoms. The molecule has 0 bridgehead atoms. The summed E-state index contributed by atoms with van der Waals surface area (Å²) in [6, 6.07) is 15.3. The summed E-state index contributed by atoms with van der Waals surface area (Å²) in [6.45, 7) is 0.471. The van der Waals surface area contributed by atoms with Gasteiger partial charge in [-0.3, -0.25) is 9.59 Å². The molecular weight excluding hydrogens is 324 g/mol. The van der Waals surface area contributed by atoms with Crippen molar-refractivity contribution in [2.24, 2.45) is 0 Å². The zero-order valence-corrected chi connectivity index (χ0v) is 15.1. The van der Waals surface area contributed by atoms with Crippen molar-refractivity contribution >= 4 is 11.8 Å². The van der Waals surface area contributed by atoms with Crippen LogP contribution in [0.5, 0.6) is 0 Å². The Labute approximate surface area is 154 Å². The van der Waals surface area contributed by atoms with E-state index in [1.54, 1.807) is 11.9 Å². The lowest BCUT2D eigenvalue weighted by atomic mass is 9.92. The standard InChI is InChI=1S/C22H24N2O2/c1-23-21(25)20-18-12-6-7-13-19(18)22(26)24(20)14-16-10-4-5-11-17(16)15-8-2-3-9-15/h4-7,10-13,15,20H,2-3,8-9,14H2,1H3,(H,23,25). The number of benzene rings is 2. The first-order valence-electron chi connectivity index (χ1n) is 9.40. The highest BCUT2D eigenvalue weighted by atomic mass is 16.2. The molecule has 4 nitrogen and oxygen atoms in total. The molecule has 0 radical (unpaired) electrons. The lowest BCUT2D eigenvalue weighted by Crippen LogP contribution is -2.37. The van der Waals surface area contributed by atoms with Crippen LogP contribution in [-0.2, 0) is 11.3 Å². The molecule has 134 valence electrons. The van der Waals surface area contributed by atoms with Gasteiger partial charge in [0.2, 0.25) is 5.91 Å². The number of hydrogen-bond acceptors (Lipinski definition) is 2. The maximum absolute atomic E-state index is 13.0. The molecular formula is C22H24N2O2. The quantitative estimate of drug-likeness (QED) is 0.914. The van der Waals surface area contributed by atoms with Gasteiger partial charge in [-0.2, -0.15) is 0 Å². The fourth-order valence-corrected chi connectivity index (χ4v) is 4.45. The number of likely N-dealkylation sites (N-methyl/N-ethyl adjacent to an activating group) is 1. The summed E-state index contributed by atoms with van der Waals surface area (Å²) in [5.74, 6) is 0.377. The first-order chi connectivity index (χ1) is 12.7. The molecule has 1 N–H and O–H groups in total. The Morgan fingerprint density at radius 3 is 2.42 bits per heavy atom. The van der Waals surface area contributed by atoms with Gasteiger partial charge in [-0.1, -0.05) is 55.3 Å². The molecule has 1 atom stereocenters. The van der Waals surface area contributed by atoms with E-state index in [9.17, 15) is 9.59 Å². The van der Waals surface area contributed by atoms with Crippen LogP contribution < -0.4 is 5.32 Å². The maximum atomic E-state index is 13.0. The zero-order valence-electron chi connectivity index (χ0n) is 15.1. The molecule has 1 aliphatic heterocycles. The van der Waals surface area contributed by atoms with E-state index in [0.29, 0.717) is 18.0 Å². The van der Waals surface area contributed by atoms with E-state index in [0.717, 1.165) is 11.1 Å². The molecule has 1 heterocycles. The van der Waals surface area contributed by atoms with Crippen molar-refractivity contribution in [2.75, 3.05) is 7.05 Å². The van der Waals surface area contributed by atoms with Crippen LogP contribution in [0.15, 0.2) is 48.5 Å². The fourth-order valence-electron chi connectivity index (χ4n) is 4.45. The van der Waals surface area contributed by atoms with E-state index >= 15 is 0 Å². The van der Waals surface area contributed by atoms with Crippen molar-refractivity contribution in [1.29, 1.82) is 0 Å². The minimum absolute atomic E-state index is 0.0598. The Hall–Kier alpha value is -2.62. The van der Waals surface area contributed by atoms with E-state index in [-0.39, 0.29) is 11.8 Å². The van der Waals surface area contributed by atoms with E-state index in [2.05, 4.69) is 23.5 Å². The number of amides is 2. The van der Waals surface area contributed by atoms with Crippen molar-refractivity contribution in [1.82, 2.24) is 10.2 Å². The fraction of sp³-hybridized carbons (Fsp3) is 0.364. The SMILES string of the molecule is CNC(=O)C1c2ccccc2C(=O)N1Cc1ccccc1C1CCCC1. The summed E-state index contributed by atoms with van der Waals surface area (Å²) in [6.07, 6.45) is 4.97. The average Bonchev–Trinajstić information content (AvgIpc) is 3.30. The van der Waals surface area contributed by atoms with Crippen LogP contribution in [0.2, 0.25) is 0 Å². The monoisotopic (exact) mass is 348 g/mol. The molecule has 1 aliphatic carbocycles. The van der Waals surface area contributed by atoms with Gasteiger partial charge in [-0.15, -0.1) is 0 Å². The van der Waals surface area contributed by atoms with Gasteiger partial charge in [0, 0.05) is 19.2 Å². The smallest absolute Gasteiger partial charge is 0.255 e. The Bertz CT molecular complexity index is 840. The van der Waals surface area contributed by atoms with Crippen molar-refractivity contribution in [2.45, 2.75) is 44.2 Å². The Morgan fingerprint density at radius 1 is 1.04 bits per heavy atom. The van der Waals surface area contributed by atoms with E-state index < -0.39 is 6.04 Å². The van der Waals surface area contributed by atoms with Gasteiger partial charge in [0.05, 0.1) is 0 Å². The Kier molecular flexibility index (Phi) is 4.49. The van der Waals surface area contributed by atoms with Gasteiger partial charge in [-0.05, 0) is 41.5 Å². The Morgan fingerprint density at radius 2 is 1.69 bits per heavy atom. The summed E-state index contributed by atoms with van der Waals surface area (Å²) >= 11 is 0. The van der Waals surface area contributed by atoms with Crippen molar-refractivity contribution in [3.05, 3.63) is 70.8 Å². The maximum Gasteiger partial charge on any atom is 0.255 e. The van der Waals surface area contributed by atoms with Gasteiger partial charge in [-0.25, -0.2) is 0 Å². The molecule has 0 saturated heterocycles. The van der Waals surface area contributed by atoms with Crippen molar-refractivity contribution in [3.8, 4) is 0 Å². The molecule has 2 aromatic rings. The van der Waals surface area contributed by atoms with Crippen LogP contribution in [0, 0.1) is 0 Å². The molecule has 1 unspecified atom stereocenters. The Balaban J connectivity index is 1.70. The predicted octanol–water partition coefficient (Wildman–Crippen LogP) is 3.79. The minimum Gasteiger partial charge on any atom is -0.357 e. The highest BCUT2D eigenvalue weighted by molar-refractivity contribution is 6.04. The van der Waals surface area contributed by atoms with Crippen LogP contribution >= 0.6 is 0 Å². The third-order valence-corrected chi connectivity index (χ3v) is 5.74. The first-order valence-corrected chi connectivity index (χ1v) is 9.40. The van der Waals surface area contributed by atoms with Crippen LogP contribution in [0.4, 0.5) is 0 Å². The van der Waals surface area contributed by atoms with Gasteiger partial charge in [0.1, 0.15) is 6.04 Å². The van der Waals surface area contributed by atoms with Crippen molar-refractivity contribution in [3.63, 3.8) is 0 Å². The van der Waals surface area contributed by atoms with Crippen LogP contribution in [0.3, 0.4) is 0 Å². The second-order valence-corrected chi connectivity index (χ2v) is 7.22. The summed E-state index contributed by atoms with van der Waals surface area (Å²) in [4.78, 5) is 27.3. The molecule has 1 fully saturated rings.